The molecule has 1 N–H and O–H groups in total. The third-order valence-electron chi connectivity index (χ3n) is 3.01. The standard InChI is InChI=1S/C14H21NOS/c1-2-15-9-12-3-5-14(6-4-12)17-11-13-7-8-16-10-13/h3-6,13,15H,2,7-11H2,1H3. The van der Waals surface area contributed by atoms with Crippen molar-refractivity contribution in [3.05, 3.63) is 29.8 Å². The second-order valence-electron chi connectivity index (χ2n) is 4.46. The van der Waals surface area contributed by atoms with Crippen molar-refractivity contribution in [3.8, 4) is 0 Å². The molecular formula is C14H21NOS. The number of ether oxygens (including phenoxy) is 1. The van der Waals surface area contributed by atoms with Gasteiger partial charge in [0.05, 0.1) is 6.61 Å². The predicted molar refractivity (Wildman–Crippen MR) is 73.5 cm³/mol. The van der Waals surface area contributed by atoms with E-state index >= 15 is 0 Å². The maximum Gasteiger partial charge on any atom is 0.0503 e. The number of benzene rings is 1. The average molecular weight is 251 g/mol. The third-order valence-corrected chi connectivity index (χ3v) is 4.26. The van der Waals surface area contributed by atoms with E-state index in [1.54, 1.807) is 0 Å². The Kier molecular flexibility index (Phi) is 5.36. The summed E-state index contributed by atoms with van der Waals surface area (Å²) >= 11 is 1.95. The second kappa shape index (κ2) is 7.04. The van der Waals surface area contributed by atoms with Gasteiger partial charge in [-0.1, -0.05) is 19.1 Å². The zero-order valence-corrected chi connectivity index (χ0v) is 11.3. The lowest BCUT2D eigenvalue weighted by molar-refractivity contribution is 0.189. The Bertz CT molecular complexity index is 319. The van der Waals surface area contributed by atoms with Crippen molar-refractivity contribution in [2.75, 3.05) is 25.5 Å². The molecule has 0 amide bonds. The van der Waals surface area contributed by atoms with Gasteiger partial charge >= 0.3 is 0 Å². The van der Waals surface area contributed by atoms with Crippen molar-refractivity contribution in [3.63, 3.8) is 0 Å². The quantitative estimate of drug-likeness (QED) is 0.786. The van der Waals surface area contributed by atoms with Crippen LogP contribution in [0.5, 0.6) is 0 Å². The molecule has 17 heavy (non-hydrogen) atoms. The van der Waals surface area contributed by atoms with Crippen molar-refractivity contribution in [1.29, 1.82) is 0 Å². The normalized spacial score (nSPS) is 19.7. The van der Waals surface area contributed by atoms with E-state index in [0.717, 1.165) is 32.2 Å². The Hall–Kier alpha value is -0.510. The molecule has 1 aliphatic heterocycles. The van der Waals surface area contributed by atoms with Gasteiger partial charge in [0.15, 0.2) is 0 Å². The monoisotopic (exact) mass is 251 g/mol. The van der Waals surface area contributed by atoms with Crippen LogP contribution in [0.3, 0.4) is 0 Å². The van der Waals surface area contributed by atoms with E-state index in [2.05, 4.69) is 36.5 Å². The summed E-state index contributed by atoms with van der Waals surface area (Å²) < 4.78 is 5.39. The molecule has 0 saturated carbocycles. The molecule has 1 saturated heterocycles. The molecule has 94 valence electrons. The van der Waals surface area contributed by atoms with Crippen LogP contribution in [-0.2, 0) is 11.3 Å². The Labute approximate surface area is 108 Å². The fraction of sp³-hybridized carbons (Fsp3) is 0.571. The average Bonchev–Trinajstić information content (AvgIpc) is 2.88. The zero-order valence-electron chi connectivity index (χ0n) is 10.4. The molecule has 1 atom stereocenters. The summed E-state index contributed by atoms with van der Waals surface area (Å²) in [6, 6.07) is 8.90. The van der Waals surface area contributed by atoms with E-state index in [1.807, 2.05) is 11.8 Å². The number of rotatable bonds is 6. The lowest BCUT2D eigenvalue weighted by Crippen LogP contribution is -2.11. The lowest BCUT2D eigenvalue weighted by Gasteiger charge is -2.08. The first kappa shape index (κ1) is 12.9. The molecule has 0 bridgehead atoms. The predicted octanol–water partition coefficient (Wildman–Crippen LogP) is 2.92. The summed E-state index contributed by atoms with van der Waals surface area (Å²) in [5.74, 6) is 1.94. The van der Waals surface area contributed by atoms with Crippen LogP contribution in [0.15, 0.2) is 29.2 Å². The largest absolute Gasteiger partial charge is 0.381 e. The summed E-state index contributed by atoms with van der Waals surface area (Å²) in [7, 11) is 0. The Morgan fingerprint density at radius 1 is 1.35 bits per heavy atom. The molecule has 1 aromatic carbocycles. The van der Waals surface area contributed by atoms with E-state index in [1.165, 1.54) is 22.6 Å². The topological polar surface area (TPSA) is 21.3 Å². The first-order valence-corrected chi connectivity index (χ1v) is 7.37. The molecule has 3 heteroatoms. The third kappa shape index (κ3) is 4.34. The number of nitrogens with one attached hydrogen (secondary N) is 1. The summed E-state index contributed by atoms with van der Waals surface area (Å²) in [6.45, 7) is 6.03. The zero-order chi connectivity index (χ0) is 11.9. The molecular weight excluding hydrogens is 230 g/mol. The van der Waals surface area contributed by atoms with Crippen molar-refractivity contribution in [1.82, 2.24) is 5.32 Å². The highest BCUT2D eigenvalue weighted by Crippen LogP contribution is 2.24. The Morgan fingerprint density at radius 2 is 2.18 bits per heavy atom. The van der Waals surface area contributed by atoms with Gasteiger partial charge in [-0.05, 0) is 36.6 Å². The lowest BCUT2D eigenvalue weighted by atomic mass is 10.2. The maximum atomic E-state index is 5.39. The van der Waals surface area contributed by atoms with Crippen LogP contribution in [0.25, 0.3) is 0 Å². The molecule has 1 heterocycles. The molecule has 0 aromatic heterocycles. The fourth-order valence-electron chi connectivity index (χ4n) is 1.90. The molecule has 1 unspecified atom stereocenters. The molecule has 2 nitrogen and oxygen atoms in total. The van der Waals surface area contributed by atoms with Crippen molar-refractivity contribution in [2.45, 2.75) is 24.8 Å². The Morgan fingerprint density at radius 3 is 2.82 bits per heavy atom. The smallest absolute Gasteiger partial charge is 0.0503 e. The van der Waals surface area contributed by atoms with Crippen LogP contribution >= 0.6 is 11.8 Å². The fourth-order valence-corrected chi connectivity index (χ4v) is 2.92. The first-order chi connectivity index (χ1) is 8.38. The number of thioether (sulfide) groups is 1. The highest BCUT2D eigenvalue weighted by Gasteiger charge is 2.15. The van der Waals surface area contributed by atoms with Crippen LogP contribution in [0.2, 0.25) is 0 Å². The summed E-state index contributed by atoms with van der Waals surface area (Å²) in [5.41, 5.74) is 1.36. The summed E-state index contributed by atoms with van der Waals surface area (Å²) in [4.78, 5) is 1.37. The molecule has 1 fully saturated rings. The highest BCUT2D eigenvalue weighted by atomic mass is 32.2. The van der Waals surface area contributed by atoms with Gasteiger partial charge in [-0.2, -0.15) is 0 Å². The van der Waals surface area contributed by atoms with Gasteiger partial charge < -0.3 is 10.1 Å². The molecule has 0 radical (unpaired) electrons. The first-order valence-electron chi connectivity index (χ1n) is 6.38. The summed E-state index contributed by atoms with van der Waals surface area (Å²) in [5, 5.41) is 3.34. The van der Waals surface area contributed by atoms with Gasteiger partial charge in [0, 0.05) is 23.8 Å². The van der Waals surface area contributed by atoms with Crippen LogP contribution in [0.1, 0.15) is 18.9 Å². The SMILES string of the molecule is CCNCc1ccc(SCC2CCOC2)cc1. The van der Waals surface area contributed by atoms with E-state index in [-0.39, 0.29) is 0 Å². The van der Waals surface area contributed by atoms with E-state index in [9.17, 15) is 0 Å². The van der Waals surface area contributed by atoms with E-state index < -0.39 is 0 Å². The van der Waals surface area contributed by atoms with Crippen LogP contribution in [-0.4, -0.2) is 25.5 Å². The highest BCUT2D eigenvalue weighted by molar-refractivity contribution is 7.99. The summed E-state index contributed by atoms with van der Waals surface area (Å²) in [6.07, 6.45) is 1.23. The van der Waals surface area contributed by atoms with Gasteiger partial charge in [0.1, 0.15) is 0 Å². The molecule has 1 aliphatic rings. The van der Waals surface area contributed by atoms with Crippen LogP contribution in [0, 0.1) is 5.92 Å². The van der Waals surface area contributed by atoms with Gasteiger partial charge in [-0.3, -0.25) is 0 Å². The van der Waals surface area contributed by atoms with Crippen LogP contribution in [0.4, 0.5) is 0 Å². The maximum absolute atomic E-state index is 5.39. The van der Waals surface area contributed by atoms with E-state index in [0.29, 0.717) is 0 Å². The Balaban J connectivity index is 1.76. The second-order valence-corrected chi connectivity index (χ2v) is 5.56. The van der Waals surface area contributed by atoms with Crippen molar-refractivity contribution in [2.24, 2.45) is 5.92 Å². The molecule has 1 aromatic rings. The molecule has 0 aliphatic carbocycles. The van der Waals surface area contributed by atoms with Crippen molar-refractivity contribution < 1.29 is 4.74 Å². The minimum absolute atomic E-state index is 0.751. The minimum atomic E-state index is 0.751. The van der Waals surface area contributed by atoms with Gasteiger partial charge in [-0.15, -0.1) is 11.8 Å². The number of hydrogen-bond donors (Lipinski definition) is 1. The van der Waals surface area contributed by atoms with Gasteiger partial charge in [0.25, 0.3) is 0 Å². The molecule has 2 rings (SSSR count). The van der Waals surface area contributed by atoms with Gasteiger partial charge in [0.2, 0.25) is 0 Å². The van der Waals surface area contributed by atoms with Crippen LogP contribution < -0.4 is 5.32 Å². The van der Waals surface area contributed by atoms with Gasteiger partial charge in [-0.25, -0.2) is 0 Å². The minimum Gasteiger partial charge on any atom is -0.381 e. The number of hydrogen-bond acceptors (Lipinski definition) is 3. The van der Waals surface area contributed by atoms with Crippen molar-refractivity contribution >= 4 is 11.8 Å². The molecule has 0 spiro atoms. The van der Waals surface area contributed by atoms with E-state index in [4.69, 9.17) is 4.74 Å².